The molecule has 0 spiro atoms. The second-order valence-corrected chi connectivity index (χ2v) is 6.37. The average Bonchev–Trinajstić information content (AvgIpc) is 2.44. The van der Waals surface area contributed by atoms with Gasteiger partial charge >= 0.3 is 0 Å². The number of ether oxygens (including phenoxy) is 1. The molecule has 0 saturated carbocycles. The largest absolute Gasteiger partial charge is 0.494 e. The Morgan fingerprint density at radius 1 is 1.24 bits per heavy atom. The lowest BCUT2D eigenvalue weighted by atomic mass is 10.0. The van der Waals surface area contributed by atoms with E-state index in [9.17, 15) is 0 Å². The van der Waals surface area contributed by atoms with Gasteiger partial charge in [0.25, 0.3) is 0 Å². The zero-order valence-corrected chi connectivity index (χ0v) is 14.4. The first-order chi connectivity index (χ1) is 10.0. The number of rotatable bonds is 10. The summed E-state index contributed by atoms with van der Waals surface area (Å²) < 4.78 is 5.68. The van der Waals surface area contributed by atoms with Crippen LogP contribution in [0.3, 0.4) is 0 Å². The van der Waals surface area contributed by atoms with Gasteiger partial charge in [0.05, 0.1) is 6.61 Å². The summed E-state index contributed by atoms with van der Waals surface area (Å²) in [4.78, 5) is 2.31. The minimum atomic E-state index is 0.588. The highest BCUT2D eigenvalue weighted by Crippen LogP contribution is 2.14. The van der Waals surface area contributed by atoms with E-state index in [0.717, 1.165) is 37.8 Å². The molecule has 0 aliphatic rings. The highest BCUT2D eigenvalue weighted by Gasteiger charge is 2.12. The Kier molecular flexibility index (Phi) is 8.40. The number of hydrogen-bond donors (Lipinski definition) is 1. The summed E-state index contributed by atoms with van der Waals surface area (Å²) in [7, 11) is 4.32. The lowest BCUT2D eigenvalue weighted by molar-refractivity contribution is 0.246. The molecule has 1 N–H and O–H groups in total. The van der Waals surface area contributed by atoms with Crippen molar-refractivity contribution in [3.05, 3.63) is 29.8 Å². The first-order valence-corrected chi connectivity index (χ1v) is 8.11. The molecule has 0 bridgehead atoms. The molecule has 120 valence electrons. The molecule has 0 aliphatic carbocycles. The summed E-state index contributed by atoms with van der Waals surface area (Å²) in [5.41, 5.74) is 1.28. The summed E-state index contributed by atoms with van der Waals surface area (Å²) in [6.45, 7) is 9.39. The maximum atomic E-state index is 5.68. The second kappa shape index (κ2) is 9.80. The number of likely N-dealkylation sites (N-methyl/N-ethyl adjacent to an activating group) is 1. The molecule has 0 heterocycles. The molecule has 0 aliphatic heterocycles. The van der Waals surface area contributed by atoms with Gasteiger partial charge in [0.15, 0.2) is 0 Å². The van der Waals surface area contributed by atoms with Crippen molar-refractivity contribution in [3.63, 3.8) is 0 Å². The quantitative estimate of drug-likeness (QED) is 0.714. The molecule has 1 aromatic rings. The fraction of sp³-hybridized carbons (Fsp3) is 0.667. The monoisotopic (exact) mass is 292 g/mol. The van der Waals surface area contributed by atoms with E-state index in [1.54, 1.807) is 0 Å². The van der Waals surface area contributed by atoms with Gasteiger partial charge in [0, 0.05) is 19.1 Å². The normalized spacial score (nSPS) is 12.9. The van der Waals surface area contributed by atoms with Gasteiger partial charge in [-0.15, -0.1) is 0 Å². The van der Waals surface area contributed by atoms with Crippen molar-refractivity contribution in [2.75, 3.05) is 27.2 Å². The van der Waals surface area contributed by atoms with Gasteiger partial charge in [-0.05, 0) is 50.6 Å². The summed E-state index contributed by atoms with van der Waals surface area (Å²) in [6, 6.07) is 8.97. The van der Waals surface area contributed by atoms with E-state index in [4.69, 9.17) is 4.74 Å². The number of nitrogens with one attached hydrogen (secondary N) is 1. The van der Waals surface area contributed by atoms with Crippen LogP contribution in [0.4, 0.5) is 0 Å². The predicted molar refractivity (Wildman–Crippen MR) is 90.9 cm³/mol. The van der Waals surface area contributed by atoms with Crippen molar-refractivity contribution >= 4 is 0 Å². The lowest BCUT2D eigenvalue weighted by Gasteiger charge is -2.26. The van der Waals surface area contributed by atoms with Gasteiger partial charge in [-0.3, -0.25) is 0 Å². The third kappa shape index (κ3) is 7.49. The molecule has 1 rings (SSSR count). The van der Waals surface area contributed by atoms with Crippen LogP contribution in [0.2, 0.25) is 0 Å². The Morgan fingerprint density at radius 3 is 2.62 bits per heavy atom. The fourth-order valence-corrected chi connectivity index (χ4v) is 2.37. The highest BCUT2D eigenvalue weighted by molar-refractivity contribution is 5.28. The van der Waals surface area contributed by atoms with Crippen LogP contribution in [0.1, 0.15) is 39.2 Å². The van der Waals surface area contributed by atoms with Crippen LogP contribution in [0.5, 0.6) is 5.75 Å². The molecule has 1 atom stereocenters. The van der Waals surface area contributed by atoms with E-state index < -0.39 is 0 Å². The number of benzene rings is 1. The maximum absolute atomic E-state index is 5.68. The summed E-state index contributed by atoms with van der Waals surface area (Å²) in [6.07, 6.45) is 2.27. The van der Waals surface area contributed by atoms with Crippen molar-refractivity contribution in [3.8, 4) is 5.75 Å². The Bertz CT molecular complexity index is 391. The Morgan fingerprint density at radius 2 is 2.00 bits per heavy atom. The Balaban J connectivity index is 2.43. The minimum absolute atomic E-state index is 0.588. The van der Waals surface area contributed by atoms with E-state index in [0.29, 0.717) is 6.04 Å². The zero-order chi connectivity index (χ0) is 15.7. The van der Waals surface area contributed by atoms with E-state index in [1.165, 1.54) is 12.0 Å². The molecule has 0 saturated heterocycles. The van der Waals surface area contributed by atoms with Gasteiger partial charge in [-0.25, -0.2) is 0 Å². The molecular formula is C18H32N2O. The van der Waals surface area contributed by atoms with Crippen molar-refractivity contribution in [1.29, 1.82) is 0 Å². The molecule has 0 fully saturated rings. The molecule has 1 unspecified atom stereocenters. The first kappa shape index (κ1) is 18.0. The Labute approximate surface area is 130 Å². The van der Waals surface area contributed by atoms with Crippen LogP contribution in [-0.4, -0.2) is 38.2 Å². The van der Waals surface area contributed by atoms with E-state index in [-0.39, 0.29) is 0 Å². The number of nitrogens with zero attached hydrogens (tertiary/aromatic N) is 1. The molecule has 0 aromatic heterocycles. The lowest BCUT2D eigenvalue weighted by Crippen LogP contribution is -2.38. The molecule has 0 radical (unpaired) electrons. The van der Waals surface area contributed by atoms with Crippen LogP contribution < -0.4 is 10.1 Å². The van der Waals surface area contributed by atoms with Crippen LogP contribution >= 0.6 is 0 Å². The molecule has 3 nitrogen and oxygen atoms in total. The Hall–Kier alpha value is -1.06. The highest BCUT2D eigenvalue weighted by atomic mass is 16.5. The average molecular weight is 292 g/mol. The zero-order valence-electron chi connectivity index (χ0n) is 14.4. The second-order valence-electron chi connectivity index (χ2n) is 6.37. The molecular weight excluding hydrogens is 260 g/mol. The van der Waals surface area contributed by atoms with E-state index in [2.05, 4.69) is 63.3 Å². The summed E-state index contributed by atoms with van der Waals surface area (Å²) >= 11 is 0. The van der Waals surface area contributed by atoms with Crippen molar-refractivity contribution in [1.82, 2.24) is 10.2 Å². The molecule has 0 amide bonds. The fourth-order valence-electron chi connectivity index (χ4n) is 2.37. The topological polar surface area (TPSA) is 24.5 Å². The van der Waals surface area contributed by atoms with Crippen molar-refractivity contribution in [2.24, 2.45) is 5.92 Å². The standard InChI is InChI=1S/C18H32N2O/c1-6-10-21-18-9-7-8-16(12-18)13-19-14-17(20(4)5)11-15(2)3/h7-9,12,15,17,19H,6,10-11,13-14H2,1-5H3. The maximum Gasteiger partial charge on any atom is 0.119 e. The van der Waals surface area contributed by atoms with Crippen LogP contribution in [0.25, 0.3) is 0 Å². The minimum Gasteiger partial charge on any atom is -0.494 e. The van der Waals surface area contributed by atoms with Crippen LogP contribution in [-0.2, 0) is 6.54 Å². The molecule has 21 heavy (non-hydrogen) atoms. The number of hydrogen-bond acceptors (Lipinski definition) is 3. The van der Waals surface area contributed by atoms with Crippen molar-refractivity contribution < 1.29 is 4.74 Å². The van der Waals surface area contributed by atoms with Gasteiger partial charge in [0.1, 0.15) is 5.75 Å². The predicted octanol–water partition coefficient (Wildman–Crippen LogP) is 3.54. The SMILES string of the molecule is CCCOc1cccc(CNCC(CC(C)C)N(C)C)c1. The van der Waals surface area contributed by atoms with E-state index >= 15 is 0 Å². The van der Waals surface area contributed by atoms with Gasteiger partial charge in [-0.1, -0.05) is 32.9 Å². The smallest absolute Gasteiger partial charge is 0.119 e. The van der Waals surface area contributed by atoms with Gasteiger partial charge < -0.3 is 15.0 Å². The summed E-state index contributed by atoms with van der Waals surface area (Å²) in [5.74, 6) is 1.70. The third-order valence-electron chi connectivity index (χ3n) is 3.55. The third-order valence-corrected chi connectivity index (χ3v) is 3.55. The van der Waals surface area contributed by atoms with Crippen molar-refractivity contribution in [2.45, 2.75) is 46.2 Å². The van der Waals surface area contributed by atoms with Gasteiger partial charge in [-0.2, -0.15) is 0 Å². The van der Waals surface area contributed by atoms with Crippen LogP contribution in [0, 0.1) is 5.92 Å². The molecule has 3 heteroatoms. The molecule has 1 aromatic carbocycles. The van der Waals surface area contributed by atoms with E-state index in [1.807, 2.05) is 6.07 Å². The first-order valence-electron chi connectivity index (χ1n) is 8.11. The van der Waals surface area contributed by atoms with Crippen LogP contribution in [0.15, 0.2) is 24.3 Å². The summed E-state index contributed by atoms with van der Waals surface area (Å²) in [5, 5.41) is 3.57. The van der Waals surface area contributed by atoms with Gasteiger partial charge in [0.2, 0.25) is 0 Å².